The average Bonchev–Trinajstić information content (AvgIpc) is 2.29. The molecule has 1 saturated heterocycles. The normalized spacial score (nSPS) is 30.0. The molecular formula is C13H29NO3Si. The Bertz CT molecular complexity index is 286. The first-order valence-corrected chi connectivity index (χ1v) is 9.57. The molecule has 1 aliphatic rings. The van der Waals surface area contributed by atoms with Crippen molar-refractivity contribution in [1.82, 2.24) is 0 Å². The van der Waals surface area contributed by atoms with Crippen molar-refractivity contribution in [3.05, 3.63) is 0 Å². The van der Waals surface area contributed by atoms with Crippen molar-refractivity contribution in [3.8, 4) is 0 Å². The van der Waals surface area contributed by atoms with E-state index in [1.807, 2.05) is 13.8 Å². The molecule has 2 N–H and O–H groups in total. The lowest BCUT2D eigenvalue weighted by atomic mass is 10.2. The number of hydrogen-bond donors (Lipinski definition) is 1. The number of hydrogen-bond acceptors (Lipinski definition) is 4. The Hall–Kier alpha value is 0.0569. The van der Waals surface area contributed by atoms with Gasteiger partial charge in [0.2, 0.25) is 0 Å². The summed E-state index contributed by atoms with van der Waals surface area (Å²) >= 11 is 0. The Morgan fingerprint density at radius 1 is 1.17 bits per heavy atom. The fourth-order valence-corrected chi connectivity index (χ4v) is 2.88. The summed E-state index contributed by atoms with van der Waals surface area (Å²) in [5, 5.41) is 0.176. The number of nitrogens with two attached hydrogens (primary N) is 1. The summed E-state index contributed by atoms with van der Waals surface area (Å²) < 4.78 is 17.7. The van der Waals surface area contributed by atoms with Crippen molar-refractivity contribution in [2.24, 2.45) is 5.73 Å². The second kappa shape index (κ2) is 5.21. The maximum Gasteiger partial charge on any atom is 0.192 e. The van der Waals surface area contributed by atoms with Crippen LogP contribution in [0.4, 0.5) is 0 Å². The Kier molecular flexibility index (Phi) is 4.66. The molecule has 0 unspecified atom stereocenters. The first-order chi connectivity index (χ1) is 7.95. The summed E-state index contributed by atoms with van der Waals surface area (Å²) in [5.74, 6) is -0.566. The minimum Gasteiger partial charge on any atom is -0.410 e. The van der Waals surface area contributed by atoms with Gasteiger partial charge < -0.3 is 19.6 Å². The Morgan fingerprint density at radius 3 is 2.17 bits per heavy atom. The Labute approximate surface area is 112 Å². The fraction of sp³-hybridized carbons (Fsp3) is 1.00. The van der Waals surface area contributed by atoms with Gasteiger partial charge in [-0.2, -0.15) is 0 Å². The zero-order valence-corrected chi connectivity index (χ0v) is 13.9. The van der Waals surface area contributed by atoms with Gasteiger partial charge in [0.1, 0.15) is 0 Å². The van der Waals surface area contributed by atoms with Crippen molar-refractivity contribution in [2.45, 2.75) is 70.7 Å². The van der Waals surface area contributed by atoms with Crippen LogP contribution in [-0.4, -0.2) is 39.5 Å². The van der Waals surface area contributed by atoms with Crippen LogP contribution in [0.2, 0.25) is 18.1 Å². The molecule has 0 amide bonds. The van der Waals surface area contributed by atoms with E-state index in [1.54, 1.807) is 0 Å². The molecule has 0 bridgehead atoms. The third-order valence-corrected chi connectivity index (χ3v) is 8.45. The highest BCUT2D eigenvalue weighted by Gasteiger charge is 2.42. The monoisotopic (exact) mass is 275 g/mol. The molecule has 0 aliphatic carbocycles. The van der Waals surface area contributed by atoms with E-state index < -0.39 is 14.1 Å². The minimum absolute atomic E-state index is 0.0762. The van der Waals surface area contributed by atoms with Gasteiger partial charge in [0.05, 0.1) is 25.4 Å². The molecule has 108 valence electrons. The topological polar surface area (TPSA) is 53.7 Å². The highest BCUT2D eigenvalue weighted by Crippen LogP contribution is 2.38. The lowest BCUT2D eigenvalue weighted by Crippen LogP contribution is -2.51. The van der Waals surface area contributed by atoms with Gasteiger partial charge in [-0.05, 0) is 32.0 Å². The van der Waals surface area contributed by atoms with Gasteiger partial charge in [-0.15, -0.1) is 0 Å². The van der Waals surface area contributed by atoms with Gasteiger partial charge >= 0.3 is 0 Å². The van der Waals surface area contributed by atoms with E-state index in [9.17, 15) is 0 Å². The van der Waals surface area contributed by atoms with Crippen LogP contribution < -0.4 is 5.73 Å². The van der Waals surface area contributed by atoms with E-state index in [0.717, 1.165) is 0 Å². The van der Waals surface area contributed by atoms with Gasteiger partial charge in [-0.1, -0.05) is 20.8 Å². The lowest BCUT2D eigenvalue weighted by molar-refractivity contribution is -0.203. The molecule has 0 radical (unpaired) electrons. The minimum atomic E-state index is -1.82. The molecule has 0 spiro atoms. The molecule has 1 rings (SSSR count). The van der Waals surface area contributed by atoms with Crippen LogP contribution in [0.5, 0.6) is 0 Å². The fourth-order valence-electron chi connectivity index (χ4n) is 1.53. The largest absolute Gasteiger partial charge is 0.410 e. The summed E-state index contributed by atoms with van der Waals surface area (Å²) in [6.07, 6.45) is -0.0762. The van der Waals surface area contributed by atoms with Crippen LogP contribution in [0.25, 0.3) is 0 Å². The molecule has 1 heterocycles. The van der Waals surface area contributed by atoms with E-state index in [2.05, 4.69) is 33.9 Å². The van der Waals surface area contributed by atoms with E-state index in [-0.39, 0.29) is 17.2 Å². The summed E-state index contributed by atoms with van der Waals surface area (Å²) in [7, 11) is -1.82. The van der Waals surface area contributed by atoms with Gasteiger partial charge in [-0.25, -0.2) is 0 Å². The lowest BCUT2D eigenvalue weighted by Gasteiger charge is -2.40. The molecular weight excluding hydrogens is 246 g/mol. The second-order valence-corrected chi connectivity index (χ2v) is 11.9. The zero-order valence-electron chi connectivity index (χ0n) is 12.9. The van der Waals surface area contributed by atoms with Gasteiger partial charge in [0.15, 0.2) is 14.1 Å². The summed E-state index contributed by atoms with van der Waals surface area (Å²) in [6, 6.07) is -0.124. The summed E-state index contributed by atoms with van der Waals surface area (Å²) in [6.45, 7) is 15.9. The standard InChI is InChI=1S/C13H29NO3Si/c1-12(2,3)18(6,7)17-11-9-16-13(4,5)15-8-10(11)14/h10-11H,8-9,14H2,1-7H3/t10-,11-/m1/s1. The zero-order chi connectivity index (χ0) is 14.2. The first-order valence-electron chi connectivity index (χ1n) is 6.66. The van der Waals surface area contributed by atoms with Crippen LogP contribution >= 0.6 is 0 Å². The molecule has 1 fully saturated rings. The van der Waals surface area contributed by atoms with Crippen molar-refractivity contribution < 1.29 is 13.9 Å². The predicted octanol–water partition coefficient (Wildman–Crippen LogP) is 2.49. The molecule has 0 aromatic rings. The smallest absolute Gasteiger partial charge is 0.192 e. The van der Waals surface area contributed by atoms with Crippen molar-refractivity contribution in [1.29, 1.82) is 0 Å². The van der Waals surface area contributed by atoms with Crippen molar-refractivity contribution in [2.75, 3.05) is 13.2 Å². The van der Waals surface area contributed by atoms with Crippen molar-refractivity contribution >= 4 is 8.32 Å². The second-order valence-electron chi connectivity index (χ2n) is 7.10. The Balaban J connectivity index is 2.72. The maximum atomic E-state index is 6.34. The Morgan fingerprint density at radius 2 is 1.67 bits per heavy atom. The quantitative estimate of drug-likeness (QED) is 0.787. The molecule has 0 aromatic carbocycles. The highest BCUT2D eigenvalue weighted by molar-refractivity contribution is 6.74. The average molecular weight is 275 g/mol. The highest BCUT2D eigenvalue weighted by atomic mass is 28.4. The number of ether oxygens (including phenoxy) is 2. The molecule has 4 nitrogen and oxygen atoms in total. The molecule has 2 atom stereocenters. The predicted molar refractivity (Wildman–Crippen MR) is 76.0 cm³/mol. The van der Waals surface area contributed by atoms with Gasteiger partial charge in [-0.3, -0.25) is 0 Å². The van der Waals surface area contributed by atoms with Crippen LogP contribution in [-0.2, 0) is 13.9 Å². The van der Waals surface area contributed by atoms with Gasteiger partial charge in [0.25, 0.3) is 0 Å². The van der Waals surface area contributed by atoms with E-state index in [4.69, 9.17) is 19.6 Å². The molecule has 1 aliphatic heterocycles. The molecule has 5 heteroatoms. The van der Waals surface area contributed by atoms with Crippen LogP contribution in [0.15, 0.2) is 0 Å². The number of rotatable bonds is 2. The van der Waals surface area contributed by atoms with Crippen molar-refractivity contribution in [3.63, 3.8) is 0 Å². The summed E-state index contributed by atoms with van der Waals surface area (Å²) in [5.41, 5.74) is 6.14. The third-order valence-electron chi connectivity index (χ3n) is 3.95. The van der Waals surface area contributed by atoms with E-state index >= 15 is 0 Å². The SMILES string of the molecule is CC1(C)OC[C@@H](N)[C@H](O[Si](C)(C)C(C)(C)C)CO1. The molecule has 0 aromatic heterocycles. The first kappa shape index (κ1) is 16.1. The van der Waals surface area contributed by atoms with Crippen LogP contribution in [0, 0.1) is 0 Å². The van der Waals surface area contributed by atoms with Crippen LogP contribution in [0.3, 0.4) is 0 Å². The van der Waals surface area contributed by atoms with Gasteiger partial charge in [0, 0.05) is 0 Å². The third kappa shape index (κ3) is 4.03. The van der Waals surface area contributed by atoms with Crippen LogP contribution in [0.1, 0.15) is 34.6 Å². The molecule has 18 heavy (non-hydrogen) atoms. The summed E-state index contributed by atoms with van der Waals surface area (Å²) in [4.78, 5) is 0. The maximum absolute atomic E-state index is 6.34. The molecule has 0 saturated carbocycles. The van der Waals surface area contributed by atoms with E-state index in [1.165, 1.54) is 0 Å². The van der Waals surface area contributed by atoms with E-state index in [0.29, 0.717) is 13.2 Å².